The van der Waals surface area contributed by atoms with Crippen LogP contribution >= 0.6 is 0 Å². The molecule has 1 fully saturated rings. The van der Waals surface area contributed by atoms with Crippen molar-refractivity contribution in [1.29, 1.82) is 0 Å². The molecule has 1 saturated heterocycles. The van der Waals surface area contributed by atoms with Crippen LogP contribution in [-0.4, -0.2) is 35.4 Å². The standard InChI is InChI=1S/C13H22N4O2/c1-10-11(8-17(2)16-10)7-15-12(18)13(9-14)3-5-19-6-4-13/h8H,3-7,9,14H2,1-2H3,(H,15,18). The highest BCUT2D eigenvalue weighted by Crippen LogP contribution is 2.29. The van der Waals surface area contributed by atoms with Gasteiger partial charge in [-0.3, -0.25) is 9.48 Å². The van der Waals surface area contributed by atoms with Gasteiger partial charge in [0.1, 0.15) is 0 Å². The molecular weight excluding hydrogens is 244 g/mol. The van der Waals surface area contributed by atoms with Gasteiger partial charge in [-0.2, -0.15) is 5.10 Å². The molecule has 1 aliphatic rings. The van der Waals surface area contributed by atoms with Gasteiger partial charge in [0, 0.05) is 45.1 Å². The van der Waals surface area contributed by atoms with Crippen molar-refractivity contribution in [3.05, 3.63) is 17.5 Å². The first kappa shape index (κ1) is 14.0. The van der Waals surface area contributed by atoms with Crippen molar-refractivity contribution in [3.8, 4) is 0 Å². The summed E-state index contributed by atoms with van der Waals surface area (Å²) >= 11 is 0. The molecule has 1 aromatic rings. The van der Waals surface area contributed by atoms with Crippen LogP contribution in [0.1, 0.15) is 24.1 Å². The number of hydrogen-bond donors (Lipinski definition) is 2. The molecule has 6 nitrogen and oxygen atoms in total. The molecule has 0 aromatic carbocycles. The smallest absolute Gasteiger partial charge is 0.227 e. The lowest BCUT2D eigenvalue weighted by atomic mass is 9.79. The first-order valence-corrected chi connectivity index (χ1v) is 6.63. The summed E-state index contributed by atoms with van der Waals surface area (Å²) in [5.41, 5.74) is 7.32. The minimum absolute atomic E-state index is 0.0292. The molecule has 3 N–H and O–H groups in total. The largest absolute Gasteiger partial charge is 0.381 e. The second-order valence-electron chi connectivity index (χ2n) is 5.19. The van der Waals surface area contributed by atoms with E-state index in [0.29, 0.717) is 39.1 Å². The van der Waals surface area contributed by atoms with Crippen molar-refractivity contribution >= 4 is 5.91 Å². The van der Waals surface area contributed by atoms with Crippen molar-refractivity contribution < 1.29 is 9.53 Å². The Morgan fingerprint density at radius 3 is 2.79 bits per heavy atom. The summed E-state index contributed by atoms with van der Waals surface area (Å²) in [5.74, 6) is 0.0292. The van der Waals surface area contributed by atoms with Gasteiger partial charge in [0.15, 0.2) is 0 Å². The van der Waals surface area contributed by atoms with Gasteiger partial charge in [-0.05, 0) is 19.8 Å². The molecule has 1 amide bonds. The zero-order valence-electron chi connectivity index (χ0n) is 11.6. The zero-order valence-corrected chi connectivity index (χ0v) is 11.6. The minimum Gasteiger partial charge on any atom is -0.381 e. The number of carbonyl (C=O) groups is 1. The molecule has 106 valence electrons. The van der Waals surface area contributed by atoms with Crippen molar-refractivity contribution in [2.24, 2.45) is 18.2 Å². The number of rotatable bonds is 4. The molecule has 19 heavy (non-hydrogen) atoms. The minimum atomic E-state index is -0.464. The Balaban J connectivity index is 1.98. The highest BCUT2D eigenvalue weighted by atomic mass is 16.5. The van der Waals surface area contributed by atoms with Crippen LogP contribution in [0.5, 0.6) is 0 Å². The predicted molar refractivity (Wildman–Crippen MR) is 71.3 cm³/mol. The third kappa shape index (κ3) is 2.96. The van der Waals surface area contributed by atoms with Crippen molar-refractivity contribution in [1.82, 2.24) is 15.1 Å². The number of aryl methyl sites for hydroxylation is 2. The van der Waals surface area contributed by atoms with E-state index in [1.54, 1.807) is 4.68 Å². The molecule has 6 heteroatoms. The van der Waals surface area contributed by atoms with Crippen LogP contribution in [0.3, 0.4) is 0 Å². The van der Waals surface area contributed by atoms with E-state index in [4.69, 9.17) is 10.5 Å². The van der Waals surface area contributed by atoms with Crippen LogP contribution in [0.25, 0.3) is 0 Å². The maximum Gasteiger partial charge on any atom is 0.227 e. The van der Waals surface area contributed by atoms with Crippen LogP contribution in [0.4, 0.5) is 0 Å². The predicted octanol–water partition coefficient (Wildman–Crippen LogP) is 0.100. The maximum atomic E-state index is 12.4. The van der Waals surface area contributed by atoms with Gasteiger partial charge < -0.3 is 15.8 Å². The third-order valence-corrected chi connectivity index (χ3v) is 3.88. The number of ether oxygens (including phenoxy) is 1. The van der Waals surface area contributed by atoms with E-state index in [1.165, 1.54) is 0 Å². The molecule has 0 atom stereocenters. The molecule has 1 aliphatic heterocycles. The summed E-state index contributed by atoms with van der Waals surface area (Å²) in [7, 11) is 1.87. The molecular formula is C13H22N4O2. The molecule has 0 radical (unpaired) electrons. The second-order valence-corrected chi connectivity index (χ2v) is 5.19. The van der Waals surface area contributed by atoms with Gasteiger partial charge in [0.05, 0.1) is 11.1 Å². The third-order valence-electron chi connectivity index (χ3n) is 3.88. The number of nitrogens with one attached hydrogen (secondary N) is 1. The van der Waals surface area contributed by atoms with E-state index in [1.807, 2.05) is 20.2 Å². The summed E-state index contributed by atoms with van der Waals surface area (Å²) in [4.78, 5) is 12.4. The van der Waals surface area contributed by atoms with E-state index in [-0.39, 0.29) is 5.91 Å². The Kier molecular flexibility index (Phi) is 4.21. The molecule has 2 rings (SSSR count). The van der Waals surface area contributed by atoms with Crippen LogP contribution in [-0.2, 0) is 23.1 Å². The maximum absolute atomic E-state index is 12.4. The molecule has 0 unspecified atom stereocenters. The van der Waals surface area contributed by atoms with E-state index < -0.39 is 5.41 Å². The first-order chi connectivity index (χ1) is 9.07. The fourth-order valence-electron chi connectivity index (χ4n) is 2.47. The number of aromatic nitrogens is 2. The SMILES string of the molecule is Cc1nn(C)cc1CNC(=O)C1(CN)CCOCC1. The van der Waals surface area contributed by atoms with E-state index in [9.17, 15) is 4.79 Å². The summed E-state index contributed by atoms with van der Waals surface area (Å²) in [6.45, 7) is 4.02. The first-order valence-electron chi connectivity index (χ1n) is 6.63. The molecule has 1 aromatic heterocycles. The monoisotopic (exact) mass is 266 g/mol. The summed E-state index contributed by atoms with van der Waals surface area (Å²) in [6, 6.07) is 0. The van der Waals surface area contributed by atoms with Gasteiger partial charge in [-0.1, -0.05) is 0 Å². The molecule has 0 aliphatic carbocycles. The van der Waals surface area contributed by atoms with Gasteiger partial charge in [-0.25, -0.2) is 0 Å². The second kappa shape index (κ2) is 5.71. The molecule has 0 spiro atoms. The number of nitrogens with zero attached hydrogens (tertiary/aromatic N) is 2. The Hall–Kier alpha value is -1.40. The van der Waals surface area contributed by atoms with Crippen molar-refractivity contribution in [2.45, 2.75) is 26.3 Å². The topological polar surface area (TPSA) is 82.2 Å². The Morgan fingerprint density at radius 1 is 1.58 bits per heavy atom. The molecule has 2 heterocycles. The van der Waals surface area contributed by atoms with Crippen molar-refractivity contribution in [3.63, 3.8) is 0 Å². The summed E-state index contributed by atoms with van der Waals surface area (Å²) in [5, 5.41) is 7.25. The Bertz CT molecular complexity index is 449. The average Bonchev–Trinajstić information content (AvgIpc) is 2.75. The zero-order chi connectivity index (χ0) is 13.9. The van der Waals surface area contributed by atoms with Gasteiger partial charge in [0.25, 0.3) is 0 Å². The van der Waals surface area contributed by atoms with Crippen LogP contribution in [0.2, 0.25) is 0 Å². The Labute approximate surface area is 113 Å². The van der Waals surface area contributed by atoms with Crippen molar-refractivity contribution in [2.75, 3.05) is 19.8 Å². The fraction of sp³-hybridized carbons (Fsp3) is 0.692. The molecule has 0 saturated carbocycles. The van der Waals surface area contributed by atoms with Gasteiger partial charge in [-0.15, -0.1) is 0 Å². The lowest BCUT2D eigenvalue weighted by Crippen LogP contribution is -2.49. The summed E-state index contributed by atoms with van der Waals surface area (Å²) in [6.07, 6.45) is 3.32. The van der Waals surface area contributed by atoms with E-state index >= 15 is 0 Å². The van der Waals surface area contributed by atoms with Crippen LogP contribution in [0, 0.1) is 12.3 Å². The van der Waals surface area contributed by atoms with Gasteiger partial charge >= 0.3 is 0 Å². The average molecular weight is 266 g/mol. The van der Waals surface area contributed by atoms with E-state index in [0.717, 1.165) is 11.3 Å². The van der Waals surface area contributed by atoms with Gasteiger partial charge in [0.2, 0.25) is 5.91 Å². The number of hydrogen-bond acceptors (Lipinski definition) is 4. The number of amides is 1. The number of nitrogens with two attached hydrogens (primary N) is 1. The highest BCUT2D eigenvalue weighted by molar-refractivity contribution is 5.83. The molecule has 0 bridgehead atoms. The lowest BCUT2D eigenvalue weighted by molar-refractivity contribution is -0.136. The van der Waals surface area contributed by atoms with Crippen LogP contribution in [0.15, 0.2) is 6.20 Å². The van der Waals surface area contributed by atoms with Crippen LogP contribution < -0.4 is 11.1 Å². The van der Waals surface area contributed by atoms with E-state index in [2.05, 4.69) is 10.4 Å². The lowest BCUT2D eigenvalue weighted by Gasteiger charge is -2.34. The summed E-state index contributed by atoms with van der Waals surface area (Å²) < 4.78 is 7.07. The quantitative estimate of drug-likeness (QED) is 0.810. The fourth-order valence-corrected chi connectivity index (χ4v) is 2.47. The Morgan fingerprint density at radius 2 is 2.26 bits per heavy atom. The highest BCUT2D eigenvalue weighted by Gasteiger charge is 2.38. The normalized spacial score (nSPS) is 18.3. The number of carbonyl (C=O) groups excluding carboxylic acids is 1.